The molecule has 0 bridgehead atoms. The molecule has 1 atom stereocenters. The highest BCUT2D eigenvalue weighted by molar-refractivity contribution is 5.77. The Morgan fingerprint density at radius 1 is 1.47 bits per heavy atom. The lowest BCUT2D eigenvalue weighted by molar-refractivity contribution is 0.191. The Labute approximate surface area is 90.5 Å². The highest BCUT2D eigenvalue weighted by atomic mass is 16.2. The maximum absolute atomic E-state index is 11.8. The van der Waals surface area contributed by atoms with Crippen LogP contribution in [0.25, 0.3) is 0 Å². The van der Waals surface area contributed by atoms with Crippen LogP contribution in [0.1, 0.15) is 25.7 Å². The molecule has 1 saturated carbocycles. The summed E-state index contributed by atoms with van der Waals surface area (Å²) in [6, 6.07) is 2.41. The van der Waals surface area contributed by atoms with E-state index in [2.05, 4.69) is 6.07 Å². The van der Waals surface area contributed by atoms with Gasteiger partial charge in [0.15, 0.2) is 0 Å². The second-order valence-corrected chi connectivity index (χ2v) is 4.54. The fourth-order valence-corrected chi connectivity index (χ4v) is 2.82. The molecule has 2 aliphatic rings. The largest absolute Gasteiger partial charge is 0.323 e. The van der Waals surface area contributed by atoms with Crippen LogP contribution in [0, 0.1) is 17.2 Å². The van der Waals surface area contributed by atoms with Crippen LogP contribution in [0.2, 0.25) is 0 Å². The van der Waals surface area contributed by atoms with Gasteiger partial charge in [0.05, 0.1) is 12.1 Å². The van der Waals surface area contributed by atoms with Crippen molar-refractivity contribution in [3.8, 4) is 6.07 Å². The molecule has 15 heavy (non-hydrogen) atoms. The average molecular weight is 207 g/mol. The van der Waals surface area contributed by atoms with Crippen LogP contribution in [0.3, 0.4) is 0 Å². The molecule has 2 fully saturated rings. The van der Waals surface area contributed by atoms with E-state index in [-0.39, 0.29) is 12.6 Å². The number of urea groups is 1. The van der Waals surface area contributed by atoms with Crippen LogP contribution >= 0.6 is 0 Å². The van der Waals surface area contributed by atoms with E-state index < -0.39 is 0 Å². The van der Waals surface area contributed by atoms with Gasteiger partial charge in [-0.25, -0.2) is 4.79 Å². The average Bonchev–Trinajstić information content (AvgIpc) is 2.82. The third kappa shape index (κ3) is 1.79. The van der Waals surface area contributed by atoms with Crippen LogP contribution in [0.4, 0.5) is 4.79 Å². The van der Waals surface area contributed by atoms with E-state index in [9.17, 15) is 4.79 Å². The molecule has 82 valence electrons. The third-order valence-electron chi connectivity index (χ3n) is 3.68. The minimum Gasteiger partial charge on any atom is -0.323 e. The number of carbonyl (C=O) groups is 1. The summed E-state index contributed by atoms with van der Waals surface area (Å²) in [5.74, 6) is 0.655. The molecule has 0 N–H and O–H groups in total. The van der Waals surface area contributed by atoms with Crippen molar-refractivity contribution >= 4 is 6.03 Å². The van der Waals surface area contributed by atoms with E-state index in [0.29, 0.717) is 12.0 Å². The van der Waals surface area contributed by atoms with Crippen molar-refractivity contribution in [1.82, 2.24) is 9.80 Å². The second-order valence-electron chi connectivity index (χ2n) is 4.54. The molecule has 0 aromatic carbocycles. The lowest BCUT2D eigenvalue weighted by Crippen LogP contribution is -2.35. The van der Waals surface area contributed by atoms with E-state index >= 15 is 0 Å². The van der Waals surface area contributed by atoms with Gasteiger partial charge >= 0.3 is 6.03 Å². The first-order chi connectivity index (χ1) is 7.24. The van der Waals surface area contributed by atoms with Gasteiger partial charge in [-0.05, 0) is 18.8 Å². The molecule has 0 spiro atoms. The first-order valence-corrected chi connectivity index (χ1v) is 5.62. The van der Waals surface area contributed by atoms with Crippen molar-refractivity contribution in [3.05, 3.63) is 0 Å². The van der Waals surface area contributed by atoms with Crippen LogP contribution in [-0.2, 0) is 0 Å². The maximum Gasteiger partial charge on any atom is 0.320 e. The fraction of sp³-hybridized carbons (Fsp3) is 0.818. The molecule has 2 amide bonds. The van der Waals surface area contributed by atoms with Crippen molar-refractivity contribution < 1.29 is 4.79 Å². The summed E-state index contributed by atoms with van der Waals surface area (Å²) in [5, 5.41) is 8.62. The molecule has 1 unspecified atom stereocenters. The number of hydrogen-bond acceptors (Lipinski definition) is 2. The van der Waals surface area contributed by atoms with Crippen LogP contribution < -0.4 is 0 Å². The molecule has 0 aromatic heterocycles. The normalized spacial score (nSPS) is 27.5. The molecule has 1 aliphatic heterocycles. The lowest BCUT2D eigenvalue weighted by atomic mass is 9.98. The van der Waals surface area contributed by atoms with Crippen LogP contribution in [0.15, 0.2) is 0 Å². The molecule has 0 radical (unpaired) electrons. The Balaban J connectivity index is 2.03. The highest BCUT2D eigenvalue weighted by Gasteiger charge is 2.39. The van der Waals surface area contributed by atoms with Crippen molar-refractivity contribution in [2.45, 2.75) is 31.7 Å². The predicted molar refractivity (Wildman–Crippen MR) is 56.1 cm³/mol. The Morgan fingerprint density at radius 3 is 2.73 bits per heavy atom. The van der Waals surface area contributed by atoms with E-state index in [0.717, 1.165) is 6.54 Å². The summed E-state index contributed by atoms with van der Waals surface area (Å²) in [6.45, 7) is 0.972. The molecule has 1 heterocycles. The second kappa shape index (κ2) is 4.09. The summed E-state index contributed by atoms with van der Waals surface area (Å²) in [4.78, 5) is 15.2. The Hall–Kier alpha value is -1.24. The van der Waals surface area contributed by atoms with Gasteiger partial charge in [0.1, 0.15) is 6.54 Å². The Morgan fingerprint density at radius 2 is 2.13 bits per heavy atom. The van der Waals surface area contributed by atoms with Gasteiger partial charge in [-0.2, -0.15) is 5.26 Å². The Bertz CT molecular complexity index is 291. The van der Waals surface area contributed by atoms with E-state index in [4.69, 9.17) is 5.26 Å². The Kier molecular flexibility index (Phi) is 2.81. The van der Waals surface area contributed by atoms with Crippen LogP contribution in [0.5, 0.6) is 0 Å². The zero-order valence-corrected chi connectivity index (χ0v) is 9.15. The van der Waals surface area contributed by atoms with E-state index in [1.165, 1.54) is 25.7 Å². The summed E-state index contributed by atoms with van der Waals surface area (Å²) in [7, 11) is 1.86. The minimum absolute atomic E-state index is 0.0217. The number of nitrogens with zero attached hydrogens (tertiary/aromatic N) is 3. The molecule has 1 saturated heterocycles. The monoisotopic (exact) mass is 207 g/mol. The zero-order valence-electron chi connectivity index (χ0n) is 9.15. The zero-order chi connectivity index (χ0) is 10.8. The molecule has 0 aromatic rings. The minimum atomic E-state index is 0.0217. The van der Waals surface area contributed by atoms with Gasteiger partial charge in [-0.3, -0.25) is 0 Å². The van der Waals surface area contributed by atoms with Gasteiger partial charge in [0.25, 0.3) is 0 Å². The summed E-state index contributed by atoms with van der Waals surface area (Å²) < 4.78 is 0. The number of nitriles is 1. The maximum atomic E-state index is 11.8. The quantitative estimate of drug-likeness (QED) is 0.643. The molecule has 4 heteroatoms. The van der Waals surface area contributed by atoms with Gasteiger partial charge in [0.2, 0.25) is 0 Å². The predicted octanol–water partition coefficient (Wildman–Crippen LogP) is 1.44. The molecular formula is C11H17N3O. The smallest absolute Gasteiger partial charge is 0.320 e. The van der Waals surface area contributed by atoms with Gasteiger partial charge in [0, 0.05) is 13.6 Å². The van der Waals surface area contributed by atoms with E-state index in [1.54, 1.807) is 4.90 Å². The van der Waals surface area contributed by atoms with Gasteiger partial charge in [-0.15, -0.1) is 0 Å². The lowest BCUT2D eigenvalue weighted by Gasteiger charge is -2.23. The topological polar surface area (TPSA) is 47.3 Å². The number of amides is 2. The van der Waals surface area contributed by atoms with Crippen LogP contribution in [-0.4, -0.2) is 42.0 Å². The van der Waals surface area contributed by atoms with Gasteiger partial charge in [-0.1, -0.05) is 12.8 Å². The summed E-state index contributed by atoms with van der Waals surface area (Å²) >= 11 is 0. The number of rotatable bonds is 2. The molecule has 2 rings (SSSR count). The molecule has 4 nitrogen and oxygen atoms in total. The van der Waals surface area contributed by atoms with Crippen molar-refractivity contribution in [1.29, 1.82) is 5.26 Å². The highest BCUT2D eigenvalue weighted by Crippen LogP contribution is 2.33. The SMILES string of the molecule is CN1C(=O)N(CC#N)CC1C1CCCC1. The van der Waals surface area contributed by atoms with E-state index in [1.807, 2.05) is 11.9 Å². The summed E-state index contributed by atoms with van der Waals surface area (Å²) in [6.07, 6.45) is 5.06. The van der Waals surface area contributed by atoms with Crippen molar-refractivity contribution in [3.63, 3.8) is 0 Å². The first kappa shape index (κ1) is 10.3. The summed E-state index contributed by atoms with van der Waals surface area (Å²) in [5.41, 5.74) is 0. The number of hydrogen-bond donors (Lipinski definition) is 0. The van der Waals surface area contributed by atoms with Crippen molar-refractivity contribution in [2.24, 2.45) is 5.92 Å². The van der Waals surface area contributed by atoms with Gasteiger partial charge < -0.3 is 9.80 Å². The van der Waals surface area contributed by atoms with Crippen molar-refractivity contribution in [2.75, 3.05) is 20.1 Å². The molecule has 1 aliphatic carbocycles. The number of likely N-dealkylation sites (N-methyl/N-ethyl adjacent to an activating group) is 1. The number of carbonyl (C=O) groups excluding carboxylic acids is 1. The third-order valence-corrected chi connectivity index (χ3v) is 3.68. The standard InChI is InChI=1S/C11H17N3O/c1-13-10(9-4-2-3-5-9)8-14(7-6-12)11(13)15/h9-10H,2-5,7-8H2,1H3. The first-order valence-electron chi connectivity index (χ1n) is 5.62. The molecular weight excluding hydrogens is 190 g/mol. The fourth-order valence-electron chi connectivity index (χ4n) is 2.82.